The quantitative estimate of drug-likeness (QED) is 0.716. The summed E-state index contributed by atoms with van der Waals surface area (Å²) in [4.78, 5) is 23.7. The lowest BCUT2D eigenvalue weighted by atomic mass is 9.91. The first kappa shape index (κ1) is 15.4. The number of carbonyl (C=O) groups is 1. The Bertz CT molecular complexity index is 953. The number of fused-ring (bicyclic) bond motifs is 1. The van der Waals surface area contributed by atoms with Crippen LogP contribution in [0.15, 0.2) is 54.1 Å². The van der Waals surface area contributed by atoms with Crippen LogP contribution in [-0.2, 0) is 4.79 Å². The summed E-state index contributed by atoms with van der Waals surface area (Å²) in [6, 6.07) is 3.77. The van der Waals surface area contributed by atoms with E-state index in [0.717, 1.165) is 52.9 Å². The molecule has 0 spiro atoms. The van der Waals surface area contributed by atoms with Crippen LogP contribution in [0.25, 0.3) is 27.9 Å². The van der Waals surface area contributed by atoms with Crippen molar-refractivity contribution >= 4 is 22.5 Å². The minimum Gasteiger partial charge on any atom is -0.464 e. The van der Waals surface area contributed by atoms with Gasteiger partial charge in [-0.25, -0.2) is 9.97 Å². The molecule has 1 atom stereocenters. The van der Waals surface area contributed by atoms with Gasteiger partial charge < -0.3 is 14.7 Å². The fourth-order valence-corrected chi connectivity index (χ4v) is 3.31. The maximum Gasteiger partial charge on any atom is 0.243 e. The molecule has 1 unspecified atom stereocenters. The van der Waals surface area contributed by atoms with E-state index in [1.54, 1.807) is 12.6 Å². The second kappa shape index (κ2) is 6.39. The number of aromatic nitrogens is 3. The normalized spacial score (nSPS) is 17.3. The number of nitrogens with one attached hydrogen (secondary N) is 2. The number of aromatic amines is 1. The lowest BCUT2D eigenvalue weighted by Crippen LogP contribution is -2.33. The average Bonchev–Trinajstić information content (AvgIpc) is 3.30. The van der Waals surface area contributed by atoms with Crippen molar-refractivity contribution in [2.45, 2.75) is 25.3 Å². The summed E-state index contributed by atoms with van der Waals surface area (Å²) in [5, 5.41) is 3.89. The number of allylic oxidation sites excluding steroid dienone is 1. The zero-order chi connectivity index (χ0) is 17.2. The van der Waals surface area contributed by atoms with Crippen molar-refractivity contribution in [2.24, 2.45) is 0 Å². The molecule has 0 aliphatic heterocycles. The van der Waals surface area contributed by atoms with Gasteiger partial charge in [0.15, 0.2) is 0 Å². The van der Waals surface area contributed by atoms with E-state index >= 15 is 0 Å². The maximum absolute atomic E-state index is 11.6. The molecule has 0 radical (unpaired) electrons. The Balaban J connectivity index is 1.79. The molecule has 3 aromatic rings. The number of hydrogen-bond acceptors (Lipinski definition) is 4. The molecule has 0 fully saturated rings. The monoisotopic (exact) mass is 334 g/mol. The van der Waals surface area contributed by atoms with E-state index < -0.39 is 0 Å². The molecule has 0 saturated carbocycles. The molecule has 4 rings (SSSR count). The van der Waals surface area contributed by atoms with Crippen molar-refractivity contribution in [1.82, 2.24) is 20.3 Å². The lowest BCUT2D eigenvalue weighted by molar-refractivity contribution is -0.116. The van der Waals surface area contributed by atoms with Gasteiger partial charge in [-0.3, -0.25) is 4.79 Å². The molecule has 0 saturated heterocycles. The summed E-state index contributed by atoms with van der Waals surface area (Å²) in [7, 11) is 0. The summed E-state index contributed by atoms with van der Waals surface area (Å²) in [6.07, 6.45) is 11.3. The zero-order valence-corrected chi connectivity index (χ0v) is 13.7. The third-order valence-electron chi connectivity index (χ3n) is 4.44. The van der Waals surface area contributed by atoms with Gasteiger partial charge in [0.1, 0.15) is 17.7 Å². The Morgan fingerprint density at radius 1 is 1.44 bits per heavy atom. The van der Waals surface area contributed by atoms with Crippen LogP contribution in [0.3, 0.4) is 0 Å². The van der Waals surface area contributed by atoms with Crippen molar-refractivity contribution in [1.29, 1.82) is 0 Å². The van der Waals surface area contributed by atoms with Crippen LogP contribution in [-0.4, -0.2) is 26.9 Å². The van der Waals surface area contributed by atoms with Crippen LogP contribution in [0.2, 0.25) is 0 Å². The second-order valence-electron chi connectivity index (χ2n) is 6.03. The molecule has 126 valence electrons. The largest absolute Gasteiger partial charge is 0.464 e. The van der Waals surface area contributed by atoms with Gasteiger partial charge in [-0.15, -0.1) is 0 Å². The van der Waals surface area contributed by atoms with Crippen molar-refractivity contribution in [3.05, 3.63) is 55.3 Å². The summed E-state index contributed by atoms with van der Waals surface area (Å²) < 4.78 is 5.55. The predicted octanol–water partition coefficient (Wildman–Crippen LogP) is 3.46. The molecule has 1 aliphatic rings. The molecule has 2 N–H and O–H groups in total. The Kier molecular flexibility index (Phi) is 3.93. The van der Waals surface area contributed by atoms with Gasteiger partial charge in [-0.2, -0.15) is 0 Å². The Morgan fingerprint density at radius 2 is 2.36 bits per heavy atom. The van der Waals surface area contributed by atoms with Crippen LogP contribution in [0, 0.1) is 0 Å². The van der Waals surface area contributed by atoms with Crippen molar-refractivity contribution in [3.8, 4) is 11.3 Å². The average molecular weight is 334 g/mol. The minimum absolute atomic E-state index is 0.00901. The third kappa shape index (κ3) is 2.87. The number of nitrogens with zero attached hydrogens (tertiary/aromatic N) is 2. The SMILES string of the molecule is C=CC(=O)NC1C=C(c2ncnc3[nH]cc(-c4ccco4)c23)CCC1. The van der Waals surface area contributed by atoms with Gasteiger partial charge in [0.05, 0.1) is 17.3 Å². The molecule has 3 heterocycles. The molecular formula is C19H18N4O2. The highest BCUT2D eigenvalue weighted by Gasteiger charge is 2.21. The first-order valence-electron chi connectivity index (χ1n) is 8.26. The van der Waals surface area contributed by atoms with Crippen molar-refractivity contribution in [2.75, 3.05) is 0 Å². The first-order chi connectivity index (χ1) is 12.3. The highest BCUT2D eigenvalue weighted by Crippen LogP contribution is 2.35. The fraction of sp³-hybridized carbons (Fsp3) is 0.211. The molecular weight excluding hydrogens is 316 g/mol. The number of H-pyrrole nitrogens is 1. The molecule has 0 aromatic carbocycles. The van der Waals surface area contributed by atoms with Crippen LogP contribution in [0.5, 0.6) is 0 Å². The third-order valence-corrected chi connectivity index (χ3v) is 4.44. The molecule has 0 bridgehead atoms. The maximum atomic E-state index is 11.6. The number of amides is 1. The van der Waals surface area contributed by atoms with Crippen LogP contribution in [0.1, 0.15) is 25.0 Å². The summed E-state index contributed by atoms with van der Waals surface area (Å²) >= 11 is 0. The Morgan fingerprint density at radius 3 is 3.16 bits per heavy atom. The first-order valence-corrected chi connectivity index (χ1v) is 8.26. The van der Waals surface area contributed by atoms with E-state index in [2.05, 4.69) is 32.9 Å². The Hall–Kier alpha value is -3.15. The number of rotatable bonds is 4. The van der Waals surface area contributed by atoms with Gasteiger partial charge in [0.25, 0.3) is 0 Å². The molecule has 3 aromatic heterocycles. The highest BCUT2D eigenvalue weighted by atomic mass is 16.3. The van der Waals surface area contributed by atoms with Crippen LogP contribution < -0.4 is 5.32 Å². The topological polar surface area (TPSA) is 83.8 Å². The standard InChI is InChI=1S/C19H18N4O2/c1-2-16(24)23-13-6-3-5-12(9-13)18-17-14(15-7-4-8-25-15)10-20-19(17)22-11-21-18/h2,4,7-11,13H,1,3,5-6H2,(H,23,24)(H,20,21,22). The van der Waals surface area contributed by atoms with Gasteiger partial charge in [-0.05, 0) is 43.0 Å². The van der Waals surface area contributed by atoms with E-state index in [-0.39, 0.29) is 11.9 Å². The smallest absolute Gasteiger partial charge is 0.243 e. The van der Waals surface area contributed by atoms with Gasteiger partial charge in [0.2, 0.25) is 5.91 Å². The Labute approximate surface area is 144 Å². The zero-order valence-electron chi connectivity index (χ0n) is 13.7. The van der Waals surface area contributed by atoms with Crippen molar-refractivity contribution < 1.29 is 9.21 Å². The summed E-state index contributed by atoms with van der Waals surface area (Å²) in [6.45, 7) is 3.51. The molecule has 6 nitrogen and oxygen atoms in total. The summed E-state index contributed by atoms with van der Waals surface area (Å²) in [5.74, 6) is 0.614. The highest BCUT2D eigenvalue weighted by molar-refractivity contribution is 5.99. The number of furan rings is 1. The van der Waals surface area contributed by atoms with Crippen LogP contribution >= 0.6 is 0 Å². The second-order valence-corrected chi connectivity index (χ2v) is 6.03. The lowest BCUT2D eigenvalue weighted by Gasteiger charge is -2.22. The minimum atomic E-state index is -0.159. The van der Waals surface area contributed by atoms with Gasteiger partial charge in [-0.1, -0.05) is 12.7 Å². The molecule has 1 aliphatic carbocycles. The van der Waals surface area contributed by atoms with E-state index in [1.807, 2.05) is 18.3 Å². The van der Waals surface area contributed by atoms with E-state index in [1.165, 1.54) is 6.08 Å². The molecule has 25 heavy (non-hydrogen) atoms. The number of hydrogen-bond donors (Lipinski definition) is 2. The summed E-state index contributed by atoms with van der Waals surface area (Å²) in [5.41, 5.74) is 3.71. The van der Waals surface area contributed by atoms with Gasteiger partial charge >= 0.3 is 0 Å². The fourth-order valence-electron chi connectivity index (χ4n) is 3.31. The van der Waals surface area contributed by atoms with Crippen LogP contribution in [0.4, 0.5) is 0 Å². The van der Waals surface area contributed by atoms with Gasteiger partial charge in [0, 0.05) is 17.8 Å². The predicted molar refractivity (Wildman–Crippen MR) is 95.5 cm³/mol. The van der Waals surface area contributed by atoms with E-state index in [0.29, 0.717) is 0 Å². The van der Waals surface area contributed by atoms with E-state index in [4.69, 9.17) is 4.42 Å². The van der Waals surface area contributed by atoms with Crippen molar-refractivity contribution in [3.63, 3.8) is 0 Å². The van der Waals surface area contributed by atoms with E-state index in [9.17, 15) is 4.79 Å². The molecule has 1 amide bonds. The number of carbonyl (C=O) groups excluding carboxylic acids is 1. The molecule has 6 heteroatoms.